The molecule has 1 fully saturated rings. The van der Waals surface area contributed by atoms with Crippen molar-refractivity contribution in [3.05, 3.63) is 16.1 Å². The monoisotopic (exact) mass is 255 g/mol. The molecule has 2 unspecified atom stereocenters. The second kappa shape index (κ2) is 4.74. The van der Waals surface area contributed by atoms with E-state index in [0.717, 1.165) is 24.3 Å². The van der Waals surface area contributed by atoms with Crippen LogP contribution in [0.4, 0.5) is 0 Å². The number of nitrogens with zero attached hydrogens (tertiary/aromatic N) is 1. The molecule has 0 aromatic carbocycles. The molecule has 0 spiro atoms. The molecule has 0 amide bonds. The number of carboxylic acid groups (broad SMARTS) is 1. The molecule has 1 N–H and O–H groups in total. The number of hydrogen-bond acceptors (Lipinski definition) is 4. The molecule has 1 saturated carbocycles. The summed E-state index contributed by atoms with van der Waals surface area (Å²) in [6.45, 7) is 2.21. The molecule has 1 aliphatic rings. The van der Waals surface area contributed by atoms with Gasteiger partial charge in [0, 0.05) is 7.11 Å². The van der Waals surface area contributed by atoms with Gasteiger partial charge in [0.2, 0.25) is 0 Å². The molecule has 17 heavy (non-hydrogen) atoms. The van der Waals surface area contributed by atoms with Gasteiger partial charge in [-0.2, -0.15) is 0 Å². The number of ether oxygens (including phenoxy) is 1. The zero-order chi connectivity index (χ0) is 12.5. The van der Waals surface area contributed by atoms with E-state index < -0.39 is 5.97 Å². The number of carboxylic acids is 1. The summed E-state index contributed by atoms with van der Waals surface area (Å²) in [7, 11) is 1.69. The van der Waals surface area contributed by atoms with Crippen molar-refractivity contribution >= 4 is 17.3 Å². The Morgan fingerprint density at radius 3 is 3.00 bits per heavy atom. The highest BCUT2D eigenvalue weighted by atomic mass is 32.1. The molecule has 1 aromatic rings. The maximum Gasteiger partial charge on any atom is 0.347 e. The van der Waals surface area contributed by atoms with E-state index in [1.807, 2.05) is 0 Å². The number of rotatable bonds is 3. The van der Waals surface area contributed by atoms with Crippen molar-refractivity contribution in [3.8, 4) is 0 Å². The highest BCUT2D eigenvalue weighted by Gasteiger charge is 2.39. The van der Waals surface area contributed by atoms with Gasteiger partial charge in [0.1, 0.15) is 15.5 Å². The Bertz CT molecular complexity index is 418. The Morgan fingerprint density at radius 1 is 1.71 bits per heavy atom. The van der Waals surface area contributed by atoms with Crippen LogP contribution in [-0.4, -0.2) is 23.2 Å². The number of aromatic carboxylic acids is 1. The van der Waals surface area contributed by atoms with Crippen LogP contribution in [0, 0.1) is 5.92 Å². The van der Waals surface area contributed by atoms with Crippen LogP contribution in [0.1, 0.15) is 47.3 Å². The van der Waals surface area contributed by atoms with E-state index in [4.69, 9.17) is 9.84 Å². The molecule has 1 aliphatic carbocycles. The lowest BCUT2D eigenvalue weighted by Crippen LogP contribution is -2.34. The number of hydrogen-bond donors (Lipinski definition) is 1. The summed E-state index contributed by atoms with van der Waals surface area (Å²) in [5.41, 5.74) is -0.365. The van der Waals surface area contributed by atoms with Gasteiger partial charge < -0.3 is 9.84 Å². The molecule has 2 atom stereocenters. The fourth-order valence-electron chi connectivity index (χ4n) is 2.55. The van der Waals surface area contributed by atoms with Crippen molar-refractivity contribution in [1.82, 2.24) is 4.98 Å². The van der Waals surface area contributed by atoms with Gasteiger partial charge in [-0.25, -0.2) is 9.78 Å². The summed E-state index contributed by atoms with van der Waals surface area (Å²) in [4.78, 5) is 15.4. The Balaban J connectivity index is 2.30. The third-order valence-corrected chi connectivity index (χ3v) is 4.62. The summed E-state index contributed by atoms with van der Waals surface area (Å²) in [5.74, 6) is -0.315. The van der Waals surface area contributed by atoms with Gasteiger partial charge in [0.05, 0.1) is 6.20 Å². The molecule has 94 valence electrons. The largest absolute Gasteiger partial charge is 0.477 e. The highest BCUT2D eigenvalue weighted by molar-refractivity contribution is 7.13. The first-order valence-electron chi connectivity index (χ1n) is 5.82. The van der Waals surface area contributed by atoms with Gasteiger partial charge >= 0.3 is 5.97 Å². The van der Waals surface area contributed by atoms with Crippen molar-refractivity contribution in [2.45, 2.75) is 38.2 Å². The van der Waals surface area contributed by atoms with E-state index in [0.29, 0.717) is 5.92 Å². The first kappa shape index (κ1) is 12.5. The lowest BCUT2D eigenvalue weighted by Gasteiger charge is -2.37. The molecule has 5 heteroatoms. The van der Waals surface area contributed by atoms with Crippen LogP contribution >= 0.6 is 11.3 Å². The first-order valence-corrected chi connectivity index (χ1v) is 6.64. The number of aromatic nitrogens is 1. The lowest BCUT2D eigenvalue weighted by atomic mass is 9.79. The predicted molar refractivity (Wildman–Crippen MR) is 65.4 cm³/mol. The van der Waals surface area contributed by atoms with Gasteiger partial charge in [-0.15, -0.1) is 11.3 Å². The van der Waals surface area contributed by atoms with Gasteiger partial charge in [0.25, 0.3) is 0 Å². The molecule has 0 radical (unpaired) electrons. The molecule has 2 rings (SSSR count). The second-order valence-electron chi connectivity index (χ2n) is 4.73. The van der Waals surface area contributed by atoms with Crippen molar-refractivity contribution in [2.75, 3.05) is 7.11 Å². The molecular formula is C12H17NO3S. The van der Waals surface area contributed by atoms with E-state index in [2.05, 4.69) is 11.9 Å². The standard InChI is InChI=1S/C12H17NO3S/c1-8-4-3-5-12(6-8,16-2)11-13-7-9(17-11)10(14)15/h7-8H,3-6H2,1-2H3,(H,14,15). The van der Waals surface area contributed by atoms with E-state index in [9.17, 15) is 4.79 Å². The third-order valence-electron chi connectivity index (χ3n) is 3.45. The number of methoxy groups -OCH3 is 1. The van der Waals surface area contributed by atoms with Gasteiger partial charge in [-0.05, 0) is 25.2 Å². The minimum atomic E-state index is -0.913. The Hall–Kier alpha value is -0.940. The van der Waals surface area contributed by atoms with Crippen LogP contribution in [0.3, 0.4) is 0 Å². The predicted octanol–water partition coefficient (Wildman–Crippen LogP) is 2.89. The van der Waals surface area contributed by atoms with Crippen LogP contribution in [0.25, 0.3) is 0 Å². The summed E-state index contributed by atoms with van der Waals surface area (Å²) in [6, 6.07) is 0. The summed E-state index contributed by atoms with van der Waals surface area (Å²) < 4.78 is 5.68. The van der Waals surface area contributed by atoms with E-state index in [-0.39, 0.29) is 10.5 Å². The Labute approximate surface area is 105 Å². The molecule has 1 aromatic heterocycles. The maximum absolute atomic E-state index is 10.9. The van der Waals surface area contributed by atoms with Crippen molar-refractivity contribution < 1.29 is 14.6 Å². The summed E-state index contributed by atoms with van der Waals surface area (Å²) in [5, 5.41) is 9.74. The zero-order valence-electron chi connectivity index (χ0n) is 10.1. The minimum Gasteiger partial charge on any atom is -0.477 e. The van der Waals surface area contributed by atoms with Crippen LogP contribution in [0.5, 0.6) is 0 Å². The molecule has 0 saturated heterocycles. The van der Waals surface area contributed by atoms with Crippen LogP contribution < -0.4 is 0 Å². The topological polar surface area (TPSA) is 59.4 Å². The van der Waals surface area contributed by atoms with Gasteiger partial charge in [0.15, 0.2) is 0 Å². The lowest BCUT2D eigenvalue weighted by molar-refractivity contribution is -0.0580. The normalized spacial score (nSPS) is 29.2. The Kier molecular flexibility index (Phi) is 3.49. The van der Waals surface area contributed by atoms with Crippen LogP contribution in [0.2, 0.25) is 0 Å². The Morgan fingerprint density at radius 2 is 2.47 bits per heavy atom. The third kappa shape index (κ3) is 2.35. The van der Waals surface area contributed by atoms with E-state index >= 15 is 0 Å². The second-order valence-corrected chi connectivity index (χ2v) is 5.77. The molecule has 1 heterocycles. The minimum absolute atomic E-state index is 0.287. The molecule has 4 nitrogen and oxygen atoms in total. The maximum atomic E-state index is 10.9. The van der Waals surface area contributed by atoms with Crippen LogP contribution in [-0.2, 0) is 10.3 Å². The van der Waals surface area contributed by atoms with Gasteiger partial charge in [-0.1, -0.05) is 13.3 Å². The van der Waals surface area contributed by atoms with Crippen molar-refractivity contribution in [3.63, 3.8) is 0 Å². The first-order chi connectivity index (χ1) is 8.07. The van der Waals surface area contributed by atoms with Gasteiger partial charge in [-0.3, -0.25) is 0 Å². The molecular weight excluding hydrogens is 238 g/mol. The van der Waals surface area contributed by atoms with Crippen LogP contribution in [0.15, 0.2) is 6.20 Å². The summed E-state index contributed by atoms with van der Waals surface area (Å²) >= 11 is 1.24. The fraction of sp³-hybridized carbons (Fsp3) is 0.667. The SMILES string of the molecule is COC1(c2ncc(C(=O)O)s2)CCCC(C)C1. The van der Waals surface area contributed by atoms with E-state index in [1.54, 1.807) is 7.11 Å². The number of carbonyl (C=O) groups is 1. The van der Waals surface area contributed by atoms with Crippen molar-refractivity contribution in [2.24, 2.45) is 5.92 Å². The highest BCUT2D eigenvalue weighted by Crippen LogP contribution is 2.43. The number of thiazole rings is 1. The molecule has 0 aliphatic heterocycles. The average molecular weight is 255 g/mol. The zero-order valence-corrected chi connectivity index (χ0v) is 10.9. The molecule has 0 bridgehead atoms. The quantitative estimate of drug-likeness (QED) is 0.902. The summed E-state index contributed by atoms with van der Waals surface area (Å²) in [6.07, 6.45) is 5.61. The van der Waals surface area contributed by atoms with E-state index in [1.165, 1.54) is 24.0 Å². The smallest absolute Gasteiger partial charge is 0.347 e. The average Bonchev–Trinajstić information content (AvgIpc) is 2.78. The van der Waals surface area contributed by atoms with Crippen molar-refractivity contribution in [1.29, 1.82) is 0 Å². The fourth-order valence-corrected chi connectivity index (χ4v) is 3.51.